The van der Waals surface area contributed by atoms with Crippen LogP contribution in [0.4, 0.5) is 0 Å². The van der Waals surface area contributed by atoms with Gasteiger partial charge in [0.25, 0.3) is 5.91 Å². The van der Waals surface area contributed by atoms with Crippen molar-refractivity contribution in [1.82, 2.24) is 5.73 Å². The first kappa shape index (κ1) is 12.5. The van der Waals surface area contributed by atoms with Gasteiger partial charge in [0.2, 0.25) is 0 Å². The maximum Gasteiger partial charge on any atom is 0.264 e. The minimum absolute atomic E-state index is 0.0411. The molecule has 3 nitrogen and oxygen atoms in total. The minimum Gasteiger partial charge on any atom is -0.368 e. The van der Waals surface area contributed by atoms with Gasteiger partial charge in [-0.05, 0) is 30.6 Å². The molecule has 1 aliphatic rings. The van der Waals surface area contributed by atoms with Gasteiger partial charge in [-0.3, -0.25) is 10.5 Å². The average molecular weight is 212 g/mol. The molecule has 1 aliphatic carbocycles. The predicted molar refractivity (Wildman–Crippen MR) is 59.2 cm³/mol. The Labute approximate surface area is 92.4 Å². The van der Waals surface area contributed by atoms with Crippen LogP contribution in [0.1, 0.15) is 40.0 Å². The molecule has 0 spiro atoms. The van der Waals surface area contributed by atoms with Crippen molar-refractivity contribution in [3.05, 3.63) is 0 Å². The number of ether oxygens (including phenoxy) is 1. The second-order valence-corrected chi connectivity index (χ2v) is 5.10. The molecule has 1 rings (SSSR count). The summed E-state index contributed by atoms with van der Waals surface area (Å²) in [6.07, 6.45) is 3.67. The summed E-state index contributed by atoms with van der Waals surface area (Å²) in [7, 11) is 0. The number of hydrogen-bond donors (Lipinski definition) is 0. The number of hydrogen-bond acceptors (Lipinski definition) is 2. The fourth-order valence-electron chi connectivity index (χ4n) is 2.49. The summed E-state index contributed by atoms with van der Waals surface area (Å²) in [4.78, 5) is 10.6. The summed E-state index contributed by atoms with van der Waals surface area (Å²) in [5.74, 6) is 1.23. The molecule has 0 aromatic rings. The molecule has 3 heteroatoms. The first-order valence-electron chi connectivity index (χ1n) is 5.86. The molecular formula is C12H22NO2. The molecule has 0 bridgehead atoms. The Morgan fingerprint density at radius 2 is 2.13 bits per heavy atom. The van der Waals surface area contributed by atoms with Crippen molar-refractivity contribution < 1.29 is 9.53 Å². The van der Waals surface area contributed by atoms with E-state index in [1.165, 1.54) is 12.8 Å². The summed E-state index contributed by atoms with van der Waals surface area (Å²) >= 11 is 0. The molecule has 3 unspecified atom stereocenters. The lowest BCUT2D eigenvalue weighted by molar-refractivity contribution is -0.128. The van der Waals surface area contributed by atoms with Gasteiger partial charge in [-0.2, -0.15) is 0 Å². The number of nitrogens with one attached hydrogen (secondary N) is 1. The van der Waals surface area contributed by atoms with E-state index in [4.69, 9.17) is 10.5 Å². The number of amides is 1. The third-order valence-electron chi connectivity index (χ3n) is 3.39. The van der Waals surface area contributed by atoms with E-state index in [-0.39, 0.29) is 12.7 Å². The van der Waals surface area contributed by atoms with Crippen LogP contribution in [0.3, 0.4) is 0 Å². The highest BCUT2D eigenvalue weighted by Gasteiger charge is 2.31. The lowest BCUT2D eigenvalue weighted by Gasteiger charge is -2.36. The van der Waals surface area contributed by atoms with Crippen LogP contribution < -0.4 is 5.73 Å². The fourth-order valence-corrected chi connectivity index (χ4v) is 2.49. The van der Waals surface area contributed by atoms with Gasteiger partial charge < -0.3 is 4.74 Å². The van der Waals surface area contributed by atoms with Crippen molar-refractivity contribution in [3.8, 4) is 0 Å². The van der Waals surface area contributed by atoms with Crippen LogP contribution in [0, 0.1) is 17.8 Å². The van der Waals surface area contributed by atoms with Crippen molar-refractivity contribution in [2.45, 2.75) is 46.1 Å². The third kappa shape index (κ3) is 3.82. The smallest absolute Gasteiger partial charge is 0.264 e. The lowest BCUT2D eigenvalue weighted by Crippen LogP contribution is -2.35. The number of carbonyl (C=O) groups is 1. The first-order valence-corrected chi connectivity index (χ1v) is 5.86. The molecule has 0 heterocycles. The van der Waals surface area contributed by atoms with E-state index in [2.05, 4.69) is 20.8 Å². The lowest BCUT2D eigenvalue weighted by atomic mass is 9.75. The van der Waals surface area contributed by atoms with Crippen LogP contribution in [0.15, 0.2) is 0 Å². The molecule has 0 aromatic carbocycles. The molecule has 1 N–H and O–H groups in total. The second kappa shape index (κ2) is 5.50. The Balaban J connectivity index is 2.50. The van der Waals surface area contributed by atoms with E-state index in [0.29, 0.717) is 17.8 Å². The van der Waals surface area contributed by atoms with Gasteiger partial charge in [-0.15, -0.1) is 0 Å². The molecule has 0 aromatic heterocycles. The zero-order valence-corrected chi connectivity index (χ0v) is 9.95. The van der Waals surface area contributed by atoms with Crippen molar-refractivity contribution in [2.75, 3.05) is 6.61 Å². The topological polar surface area (TPSA) is 50.1 Å². The van der Waals surface area contributed by atoms with Crippen molar-refractivity contribution in [1.29, 1.82) is 0 Å². The van der Waals surface area contributed by atoms with Gasteiger partial charge >= 0.3 is 0 Å². The third-order valence-corrected chi connectivity index (χ3v) is 3.39. The van der Waals surface area contributed by atoms with E-state index in [0.717, 1.165) is 6.42 Å². The molecular weight excluding hydrogens is 190 g/mol. The standard InChI is InChI=1S/C12H22NO2/c1-8(2)10-5-4-9(3)6-11(10)15-7-12(13)14/h8-11,13H,4-7H2,1-3H3. The molecule has 0 aliphatic heterocycles. The maximum atomic E-state index is 10.6. The molecule has 1 saturated carbocycles. The van der Waals surface area contributed by atoms with Gasteiger partial charge in [-0.1, -0.05) is 27.2 Å². The van der Waals surface area contributed by atoms with Crippen LogP contribution in [0.5, 0.6) is 0 Å². The fraction of sp³-hybridized carbons (Fsp3) is 0.917. The van der Waals surface area contributed by atoms with E-state index in [1.54, 1.807) is 0 Å². The van der Waals surface area contributed by atoms with Crippen molar-refractivity contribution in [2.24, 2.45) is 17.8 Å². The molecule has 3 atom stereocenters. The number of rotatable bonds is 4. The largest absolute Gasteiger partial charge is 0.368 e. The maximum absolute atomic E-state index is 10.6. The van der Waals surface area contributed by atoms with Crippen LogP contribution in [-0.2, 0) is 9.53 Å². The Kier molecular flexibility index (Phi) is 4.58. The zero-order valence-electron chi connectivity index (χ0n) is 9.95. The van der Waals surface area contributed by atoms with Gasteiger partial charge in [0.1, 0.15) is 6.61 Å². The molecule has 15 heavy (non-hydrogen) atoms. The van der Waals surface area contributed by atoms with Crippen LogP contribution in [0.2, 0.25) is 0 Å². The molecule has 87 valence electrons. The zero-order chi connectivity index (χ0) is 11.4. The Morgan fingerprint density at radius 3 is 2.67 bits per heavy atom. The molecule has 1 radical (unpaired) electrons. The molecule has 0 saturated heterocycles. The van der Waals surface area contributed by atoms with Gasteiger partial charge in [0, 0.05) is 0 Å². The summed E-state index contributed by atoms with van der Waals surface area (Å²) in [5.41, 5.74) is 6.86. The van der Waals surface area contributed by atoms with Crippen molar-refractivity contribution in [3.63, 3.8) is 0 Å². The Morgan fingerprint density at radius 1 is 1.47 bits per heavy atom. The van der Waals surface area contributed by atoms with Crippen molar-refractivity contribution >= 4 is 5.91 Å². The van der Waals surface area contributed by atoms with Crippen LogP contribution in [-0.4, -0.2) is 18.6 Å². The summed E-state index contributed by atoms with van der Waals surface area (Å²) in [5, 5.41) is 0. The quantitative estimate of drug-likeness (QED) is 0.717. The highest BCUT2D eigenvalue weighted by molar-refractivity contribution is 5.74. The average Bonchev–Trinajstić information content (AvgIpc) is 2.14. The number of carbonyl (C=O) groups excluding carboxylic acids is 1. The van der Waals surface area contributed by atoms with Crippen LogP contribution in [0.25, 0.3) is 0 Å². The van der Waals surface area contributed by atoms with E-state index >= 15 is 0 Å². The van der Waals surface area contributed by atoms with E-state index < -0.39 is 5.91 Å². The summed E-state index contributed by atoms with van der Waals surface area (Å²) in [6, 6.07) is 0. The van der Waals surface area contributed by atoms with E-state index in [9.17, 15) is 4.79 Å². The highest BCUT2D eigenvalue weighted by atomic mass is 16.5. The summed E-state index contributed by atoms with van der Waals surface area (Å²) < 4.78 is 5.55. The highest BCUT2D eigenvalue weighted by Crippen LogP contribution is 2.35. The monoisotopic (exact) mass is 212 g/mol. The van der Waals surface area contributed by atoms with E-state index in [1.807, 2.05) is 0 Å². The summed E-state index contributed by atoms with van der Waals surface area (Å²) in [6.45, 7) is 6.61. The first-order chi connectivity index (χ1) is 7.00. The Bertz CT molecular complexity index is 216. The Hall–Kier alpha value is -0.570. The predicted octanol–water partition coefficient (Wildman–Crippen LogP) is 2.27. The SMILES string of the molecule is CC1CCC(C(C)C)C(OCC([NH])=O)C1. The van der Waals surface area contributed by atoms with Gasteiger partial charge in [0.05, 0.1) is 6.10 Å². The minimum atomic E-state index is -0.615. The molecule has 1 fully saturated rings. The second-order valence-electron chi connectivity index (χ2n) is 5.10. The van der Waals surface area contributed by atoms with Crippen LogP contribution >= 0.6 is 0 Å². The molecule has 1 amide bonds. The van der Waals surface area contributed by atoms with Gasteiger partial charge in [0.15, 0.2) is 0 Å². The van der Waals surface area contributed by atoms with Gasteiger partial charge in [-0.25, -0.2) is 0 Å². The normalized spacial score (nSPS) is 31.9.